The van der Waals surface area contributed by atoms with Crippen molar-refractivity contribution in [2.45, 2.75) is 32.9 Å². The first-order chi connectivity index (χ1) is 7.15. The lowest BCUT2D eigenvalue weighted by Crippen LogP contribution is -2.49. The van der Waals surface area contributed by atoms with Crippen LogP contribution >= 0.6 is 0 Å². The summed E-state index contributed by atoms with van der Waals surface area (Å²) < 4.78 is 10.5. The molecule has 1 aliphatic rings. The van der Waals surface area contributed by atoms with E-state index in [-0.39, 0.29) is 18.5 Å². The van der Waals surface area contributed by atoms with Crippen molar-refractivity contribution in [3.05, 3.63) is 0 Å². The van der Waals surface area contributed by atoms with Gasteiger partial charge in [0.15, 0.2) is 5.78 Å². The average molecular weight is 215 g/mol. The van der Waals surface area contributed by atoms with Gasteiger partial charge >= 0.3 is 0 Å². The van der Waals surface area contributed by atoms with Crippen LogP contribution in [0.3, 0.4) is 0 Å². The van der Waals surface area contributed by atoms with Gasteiger partial charge in [-0.1, -0.05) is 0 Å². The quantitative estimate of drug-likeness (QED) is 0.677. The Labute approximate surface area is 91.5 Å². The first-order valence-electron chi connectivity index (χ1n) is 5.61. The molecule has 0 amide bonds. The second-order valence-corrected chi connectivity index (χ2v) is 4.05. The second-order valence-electron chi connectivity index (χ2n) is 4.05. The lowest BCUT2D eigenvalue weighted by Gasteiger charge is -2.34. The maximum Gasteiger partial charge on any atom is 0.188 e. The smallest absolute Gasteiger partial charge is 0.188 e. The van der Waals surface area contributed by atoms with Gasteiger partial charge in [0, 0.05) is 25.7 Å². The Morgan fingerprint density at radius 2 is 2.33 bits per heavy atom. The average Bonchev–Trinajstić information content (AvgIpc) is 2.26. The lowest BCUT2D eigenvalue weighted by molar-refractivity contribution is -0.141. The number of nitrogens with zero attached hydrogens (tertiary/aromatic N) is 1. The highest BCUT2D eigenvalue weighted by molar-refractivity contribution is 5.84. The summed E-state index contributed by atoms with van der Waals surface area (Å²) in [6.45, 7) is 9.15. The largest absolute Gasteiger partial charge is 0.374 e. The summed E-state index contributed by atoms with van der Waals surface area (Å²) in [5.74, 6) is 0.0576. The van der Waals surface area contributed by atoms with Crippen molar-refractivity contribution in [1.29, 1.82) is 0 Å². The molecular weight excluding hydrogens is 194 g/mol. The SMILES string of the molecule is CCOCC(=O)C1CN(C(C)C)CCO1. The topological polar surface area (TPSA) is 38.8 Å². The van der Waals surface area contributed by atoms with Gasteiger partial charge in [0.2, 0.25) is 0 Å². The summed E-state index contributed by atoms with van der Waals surface area (Å²) in [7, 11) is 0. The van der Waals surface area contributed by atoms with Crippen molar-refractivity contribution >= 4 is 5.78 Å². The van der Waals surface area contributed by atoms with E-state index in [1.807, 2.05) is 6.92 Å². The van der Waals surface area contributed by atoms with E-state index in [0.29, 0.717) is 25.8 Å². The molecule has 1 fully saturated rings. The molecule has 0 aromatic carbocycles. The van der Waals surface area contributed by atoms with Crippen LogP contribution in [0.1, 0.15) is 20.8 Å². The van der Waals surface area contributed by atoms with E-state index in [1.54, 1.807) is 0 Å². The van der Waals surface area contributed by atoms with Crippen LogP contribution < -0.4 is 0 Å². The van der Waals surface area contributed by atoms with Gasteiger partial charge in [-0.2, -0.15) is 0 Å². The van der Waals surface area contributed by atoms with E-state index in [9.17, 15) is 4.79 Å². The molecule has 0 saturated carbocycles. The predicted molar refractivity (Wildman–Crippen MR) is 57.9 cm³/mol. The Hall–Kier alpha value is -0.450. The minimum Gasteiger partial charge on any atom is -0.374 e. The summed E-state index contributed by atoms with van der Waals surface area (Å²) in [6, 6.07) is 0.469. The van der Waals surface area contributed by atoms with E-state index in [0.717, 1.165) is 6.54 Å². The molecule has 4 nitrogen and oxygen atoms in total. The number of morpholine rings is 1. The van der Waals surface area contributed by atoms with Gasteiger partial charge < -0.3 is 9.47 Å². The number of hydrogen-bond acceptors (Lipinski definition) is 4. The Bertz CT molecular complexity index is 206. The molecule has 1 unspecified atom stereocenters. The minimum atomic E-state index is -0.298. The zero-order valence-electron chi connectivity index (χ0n) is 9.86. The fourth-order valence-electron chi connectivity index (χ4n) is 1.63. The number of carbonyl (C=O) groups excluding carboxylic acids is 1. The van der Waals surface area contributed by atoms with Gasteiger partial charge in [0.05, 0.1) is 6.61 Å². The molecule has 0 aromatic heterocycles. The Kier molecular flexibility index (Phi) is 5.22. The maximum absolute atomic E-state index is 11.6. The fourth-order valence-corrected chi connectivity index (χ4v) is 1.63. The zero-order valence-corrected chi connectivity index (χ0v) is 9.86. The van der Waals surface area contributed by atoms with Crippen LogP contribution in [0.2, 0.25) is 0 Å². The molecule has 15 heavy (non-hydrogen) atoms. The molecule has 0 N–H and O–H groups in total. The molecule has 0 spiro atoms. The molecule has 0 aliphatic carbocycles. The Morgan fingerprint density at radius 3 is 2.93 bits per heavy atom. The summed E-state index contributed by atoms with van der Waals surface area (Å²) in [4.78, 5) is 13.9. The van der Waals surface area contributed by atoms with Gasteiger partial charge in [0.25, 0.3) is 0 Å². The number of rotatable bonds is 5. The van der Waals surface area contributed by atoms with Gasteiger partial charge in [-0.05, 0) is 20.8 Å². The van der Waals surface area contributed by atoms with E-state index in [4.69, 9.17) is 9.47 Å². The Balaban J connectivity index is 2.38. The molecule has 1 rings (SSSR count). The zero-order chi connectivity index (χ0) is 11.3. The van der Waals surface area contributed by atoms with Crippen LogP contribution in [0.15, 0.2) is 0 Å². The third kappa shape index (κ3) is 3.89. The monoisotopic (exact) mass is 215 g/mol. The van der Waals surface area contributed by atoms with Crippen molar-refractivity contribution in [3.8, 4) is 0 Å². The number of carbonyl (C=O) groups is 1. The lowest BCUT2D eigenvalue weighted by atomic mass is 10.1. The van der Waals surface area contributed by atoms with E-state index in [2.05, 4.69) is 18.7 Å². The summed E-state index contributed by atoms with van der Waals surface area (Å²) in [5, 5.41) is 0. The third-order valence-corrected chi connectivity index (χ3v) is 2.64. The highest BCUT2D eigenvalue weighted by Gasteiger charge is 2.27. The van der Waals surface area contributed by atoms with E-state index in [1.165, 1.54) is 0 Å². The number of Topliss-reactive ketones (excluding diaryl/α,β-unsaturated/α-hetero) is 1. The molecule has 4 heteroatoms. The van der Waals surface area contributed by atoms with Crippen molar-refractivity contribution in [2.75, 3.05) is 32.9 Å². The van der Waals surface area contributed by atoms with Gasteiger partial charge in [-0.25, -0.2) is 0 Å². The number of ketones is 1. The summed E-state index contributed by atoms with van der Waals surface area (Å²) in [6.07, 6.45) is -0.298. The van der Waals surface area contributed by atoms with Gasteiger partial charge in [-0.3, -0.25) is 9.69 Å². The third-order valence-electron chi connectivity index (χ3n) is 2.64. The van der Waals surface area contributed by atoms with Gasteiger partial charge in [0.1, 0.15) is 12.7 Å². The molecule has 0 radical (unpaired) electrons. The minimum absolute atomic E-state index is 0.0576. The highest BCUT2D eigenvalue weighted by atomic mass is 16.5. The maximum atomic E-state index is 11.6. The van der Waals surface area contributed by atoms with Crippen LogP contribution in [-0.2, 0) is 14.3 Å². The van der Waals surface area contributed by atoms with Crippen molar-refractivity contribution < 1.29 is 14.3 Å². The summed E-state index contributed by atoms with van der Waals surface area (Å²) >= 11 is 0. The first kappa shape index (κ1) is 12.6. The van der Waals surface area contributed by atoms with Crippen molar-refractivity contribution in [3.63, 3.8) is 0 Å². The number of hydrogen-bond donors (Lipinski definition) is 0. The van der Waals surface area contributed by atoms with Crippen LogP contribution in [0.25, 0.3) is 0 Å². The summed E-state index contributed by atoms with van der Waals surface area (Å²) in [5.41, 5.74) is 0. The fraction of sp³-hybridized carbons (Fsp3) is 0.909. The van der Waals surface area contributed by atoms with Crippen LogP contribution in [0.4, 0.5) is 0 Å². The van der Waals surface area contributed by atoms with E-state index >= 15 is 0 Å². The molecule has 1 heterocycles. The normalized spacial score (nSPS) is 23.3. The van der Waals surface area contributed by atoms with Crippen LogP contribution in [-0.4, -0.2) is 55.7 Å². The molecule has 88 valence electrons. The van der Waals surface area contributed by atoms with Crippen molar-refractivity contribution in [2.24, 2.45) is 0 Å². The number of ether oxygens (including phenoxy) is 2. The van der Waals surface area contributed by atoms with E-state index < -0.39 is 0 Å². The first-order valence-corrected chi connectivity index (χ1v) is 5.61. The van der Waals surface area contributed by atoms with Crippen LogP contribution in [0.5, 0.6) is 0 Å². The van der Waals surface area contributed by atoms with Gasteiger partial charge in [-0.15, -0.1) is 0 Å². The molecule has 0 bridgehead atoms. The molecule has 0 aromatic rings. The van der Waals surface area contributed by atoms with Crippen LogP contribution in [0, 0.1) is 0 Å². The Morgan fingerprint density at radius 1 is 1.60 bits per heavy atom. The van der Waals surface area contributed by atoms with Crippen molar-refractivity contribution in [1.82, 2.24) is 4.90 Å². The predicted octanol–water partition coefficient (Wildman–Crippen LogP) is 0.701. The molecule has 1 atom stereocenters. The molecule has 1 aliphatic heterocycles. The standard InChI is InChI=1S/C11H21NO3/c1-4-14-8-10(13)11-7-12(9(2)3)5-6-15-11/h9,11H,4-8H2,1-3H3. The molecular formula is C11H21NO3. The second kappa shape index (κ2) is 6.20. The molecule has 1 saturated heterocycles. The highest BCUT2D eigenvalue weighted by Crippen LogP contribution is 2.09.